The summed E-state index contributed by atoms with van der Waals surface area (Å²) in [6.45, 7) is -0.801. The Hall–Kier alpha value is -1.83. The summed E-state index contributed by atoms with van der Waals surface area (Å²) >= 11 is 0. The van der Waals surface area contributed by atoms with Crippen molar-refractivity contribution in [3.8, 4) is 0 Å². The minimum absolute atomic E-state index is 0.0301. The van der Waals surface area contributed by atoms with E-state index < -0.39 is 30.7 Å². The molecule has 0 radical (unpaired) electrons. The maximum atomic E-state index is 13.0. The monoisotopic (exact) mass is 290 g/mol. The molecule has 2 aromatic rings. The van der Waals surface area contributed by atoms with Crippen LogP contribution in [0.3, 0.4) is 0 Å². The third-order valence-electron chi connectivity index (χ3n) is 3.41. The molecule has 0 amide bonds. The summed E-state index contributed by atoms with van der Waals surface area (Å²) in [4.78, 5) is 5.33. The lowest BCUT2D eigenvalue weighted by Gasteiger charge is -2.48. The zero-order valence-corrected chi connectivity index (χ0v) is 10.4. The molecule has 2 heterocycles. The van der Waals surface area contributed by atoms with Crippen molar-refractivity contribution in [2.45, 2.75) is 11.8 Å². The Bertz CT molecular complexity index is 646. The Morgan fingerprint density at radius 2 is 2.05 bits per heavy atom. The predicted molar refractivity (Wildman–Crippen MR) is 62.0 cm³/mol. The lowest BCUT2D eigenvalue weighted by atomic mass is 9.93. The predicted octanol–water partition coefficient (Wildman–Crippen LogP) is 2.73. The smallest absolute Gasteiger partial charge is 0.420 e. The number of fused-ring (bicyclic) bond motifs is 1. The molecule has 20 heavy (non-hydrogen) atoms. The van der Waals surface area contributed by atoms with Crippen molar-refractivity contribution in [1.82, 2.24) is 4.98 Å². The van der Waals surface area contributed by atoms with Gasteiger partial charge in [-0.1, -0.05) is 0 Å². The normalized spacial score (nSPS) is 18.4. The number of aromatic nitrogens is 1. The van der Waals surface area contributed by atoms with Gasteiger partial charge in [0.05, 0.1) is 13.1 Å². The van der Waals surface area contributed by atoms with Gasteiger partial charge in [0, 0.05) is 13.2 Å². The maximum Gasteiger partial charge on any atom is 0.420 e. The van der Waals surface area contributed by atoms with Gasteiger partial charge in [0.2, 0.25) is 0 Å². The van der Waals surface area contributed by atoms with Gasteiger partial charge in [0.25, 0.3) is 6.01 Å². The molecular formula is C12H10F4N2O2. The van der Waals surface area contributed by atoms with Crippen molar-refractivity contribution >= 4 is 17.1 Å². The third-order valence-corrected chi connectivity index (χ3v) is 3.41. The number of alkyl halides is 3. The van der Waals surface area contributed by atoms with Crippen LogP contribution in [0.25, 0.3) is 11.1 Å². The van der Waals surface area contributed by atoms with Crippen LogP contribution < -0.4 is 4.90 Å². The average molecular weight is 290 g/mol. The molecule has 1 aliphatic heterocycles. The van der Waals surface area contributed by atoms with Gasteiger partial charge in [-0.2, -0.15) is 18.2 Å². The number of hydrogen-bond acceptors (Lipinski definition) is 4. The summed E-state index contributed by atoms with van der Waals surface area (Å²) in [6.07, 6.45) is -4.46. The first-order valence-corrected chi connectivity index (χ1v) is 5.77. The highest BCUT2D eigenvalue weighted by molar-refractivity contribution is 5.74. The van der Waals surface area contributed by atoms with E-state index in [2.05, 4.69) is 9.72 Å². The van der Waals surface area contributed by atoms with Gasteiger partial charge in [-0.3, -0.25) is 0 Å². The second kappa shape index (κ2) is 4.08. The molecule has 8 heteroatoms. The molecule has 3 rings (SSSR count). The minimum Gasteiger partial charge on any atom is -0.423 e. The number of anilines is 1. The van der Waals surface area contributed by atoms with Crippen LogP contribution in [0.4, 0.5) is 23.6 Å². The summed E-state index contributed by atoms with van der Waals surface area (Å²) in [5.41, 5.74) is -1.61. The SMILES string of the molecule is COC1(C(F)(F)F)CN(c2nc3ccc(F)cc3o2)C1. The van der Waals surface area contributed by atoms with E-state index in [0.717, 1.165) is 13.2 Å². The van der Waals surface area contributed by atoms with Crippen LogP contribution >= 0.6 is 0 Å². The van der Waals surface area contributed by atoms with Crippen molar-refractivity contribution in [2.75, 3.05) is 25.1 Å². The fraction of sp³-hybridized carbons (Fsp3) is 0.417. The number of oxazole rings is 1. The van der Waals surface area contributed by atoms with Crippen molar-refractivity contribution in [1.29, 1.82) is 0 Å². The summed E-state index contributed by atoms with van der Waals surface area (Å²) in [5.74, 6) is -0.495. The molecule has 1 fully saturated rings. The maximum absolute atomic E-state index is 13.0. The summed E-state index contributed by atoms with van der Waals surface area (Å²) < 4.78 is 61.4. The molecule has 0 saturated carbocycles. The molecule has 0 unspecified atom stereocenters. The first-order valence-electron chi connectivity index (χ1n) is 5.77. The highest BCUT2D eigenvalue weighted by atomic mass is 19.4. The Morgan fingerprint density at radius 3 is 2.65 bits per heavy atom. The van der Waals surface area contributed by atoms with Gasteiger partial charge in [-0.25, -0.2) is 4.39 Å². The van der Waals surface area contributed by atoms with E-state index in [4.69, 9.17) is 4.42 Å². The summed E-state index contributed by atoms with van der Waals surface area (Å²) in [6, 6.07) is 3.78. The van der Waals surface area contributed by atoms with Crippen LogP contribution in [0.5, 0.6) is 0 Å². The number of nitrogens with zero attached hydrogens (tertiary/aromatic N) is 2. The molecule has 0 spiro atoms. The van der Waals surface area contributed by atoms with Gasteiger partial charge < -0.3 is 14.1 Å². The fourth-order valence-corrected chi connectivity index (χ4v) is 2.15. The molecule has 1 aromatic heterocycles. The molecule has 0 bridgehead atoms. The molecular weight excluding hydrogens is 280 g/mol. The molecule has 108 valence electrons. The molecule has 1 aromatic carbocycles. The van der Waals surface area contributed by atoms with Gasteiger partial charge in [-0.15, -0.1) is 0 Å². The minimum atomic E-state index is -4.46. The Labute approximate surface area is 110 Å². The van der Waals surface area contributed by atoms with E-state index >= 15 is 0 Å². The second-order valence-corrected chi connectivity index (χ2v) is 4.66. The zero-order chi connectivity index (χ0) is 14.5. The van der Waals surface area contributed by atoms with E-state index in [0.29, 0.717) is 5.52 Å². The van der Waals surface area contributed by atoms with E-state index in [9.17, 15) is 17.6 Å². The van der Waals surface area contributed by atoms with E-state index in [-0.39, 0.29) is 11.6 Å². The van der Waals surface area contributed by atoms with Crippen LogP contribution in [0.2, 0.25) is 0 Å². The number of methoxy groups -OCH3 is 1. The number of benzene rings is 1. The third kappa shape index (κ3) is 1.82. The van der Waals surface area contributed by atoms with Crippen LogP contribution in [-0.2, 0) is 4.74 Å². The number of halogens is 4. The van der Waals surface area contributed by atoms with Crippen molar-refractivity contribution in [3.63, 3.8) is 0 Å². The largest absolute Gasteiger partial charge is 0.423 e. The summed E-state index contributed by atoms with van der Waals surface area (Å²) in [5, 5.41) is 0. The standard InChI is InChI=1S/C12H10F4N2O2/c1-19-11(12(14,15)16)5-18(6-11)10-17-8-3-2-7(13)4-9(8)20-10/h2-4H,5-6H2,1H3. The molecule has 0 N–H and O–H groups in total. The van der Waals surface area contributed by atoms with E-state index in [1.807, 2.05) is 0 Å². The second-order valence-electron chi connectivity index (χ2n) is 4.66. The average Bonchev–Trinajstić information content (AvgIpc) is 2.68. The number of rotatable bonds is 2. The van der Waals surface area contributed by atoms with Crippen LogP contribution in [-0.4, -0.2) is 37.0 Å². The van der Waals surface area contributed by atoms with E-state index in [1.165, 1.54) is 17.0 Å². The van der Waals surface area contributed by atoms with Gasteiger partial charge in [0.15, 0.2) is 11.2 Å². The fourth-order valence-electron chi connectivity index (χ4n) is 2.15. The zero-order valence-electron chi connectivity index (χ0n) is 10.4. The topological polar surface area (TPSA) is 38.5 Å². The van der Waals surface area contributed by atoms with E-state index in [1.54, 1.807) is 0 Å². The highest BCUT2D eigenvalue weighted by Crippen LogP contribution is 2.42. The van der Waals surface area contributed by atoms with Crippen molar-refractivity contribution in [3.05, 3.63) is 24.0 Å². The number of hydrogen-bond donors (Lipinski definition) is 0. The first-order chi connectivity index (χ1) is 9.34. The van der Waals surface area contributed by atoms with Gasteiger partial charge >= 0.3 is 6.18 Å². The van der Waals surface area contributed by atoms with Gasteiger partial charge in [0.1, 0.15) is 11.3 Å². The lowest BCUT2D eigenvalue weighted by Crippen LogP contribution is -2.70. The Morgan fingerprint density at radius 1 is 1.35 bits per heavy atom. The van der Waals surface area contributed by atoms with Crippen LogP contribution in [0, 0.1) is 5.82 Å². The summed E-state index contributed by atoms with van der Waals surface area (Å²) in [7, 11) is 1.02. The van der Waals surface area contributed by atoms with Gasteiger partial charge in [-0.05, 0) is 12.1 Å². The molecule has 0 aliphatic carbocycles. The Balaban J connectivity index is 1.85. The number of ether oxygens (including phenoxy) is 1. The molecule has 0 atom stereocenters. The van der Waals surface area contributed by atoms with Crippen molar-refractivity contribution < 1.29 is 26.7 Å². The highest BCUT2D eigenvalue weighted by Gasteiger charge is 2.63. The molecule has 1 saturated heterocycles. The molecule has 4 nitrogen and oxygen atoms in total. The lowest BCUT2D eigenvalue weighted by molar-refractivity contribution is -0.277. The molecule has 1 aliphatic rings. The first kappa shape index (κ1) is 13.2. The Kier molecular flexibility index (Phi) is 2.69. The van der Waals surface area contributed by atoms with Crippen LogP contribution in [0.15, 0.2) is 22.6 Å². The van der Waals surface area contributed by atoms with Crippen LogP contribution in [0.1, 0.15) is 0 Å². The van der Waals surface area contributed by atoms with Crippen molar-refractivity contribution in [2.24, 2.45) is 0 Å². The quantitative estimate of drug-likeness (QED) is 0.797.